The van der Waals surface area contributed by atoms with Crippen LogP contribution in [0.25, 0.3) is 6.08 Å². The normalized spacial score (nSPS) is 20.8. The molecule has 0 unspecified atom stereocenters. The molecule has 3 rings (SSSR count). The van der Waals surface area contributed by atoms with E-state index in [2.05, 4.69) is 17.1 Å². The van der Waals surface area contributed by atoms with Crippen LogP contribution in [0.5, 0.6) is 0 Å². The number of nitrogens with zero attached hydrogens (tertiary/aromatic N) is 2. The summed E-state index contributed by atoms with van der Waals surface area (Å²) in [5, 5.41) is 0.764. The fourth-order valence-electron chi connectivity index (χ4n) is 3.41. The molecule has 0 aliphatic carbocycles. The molecule has 0 bridgehead atoms. The number of rotatable bonds is 4. The highest BCUT2D eigenvalue weighted by Crippen LogP contribution is 2.20. The lowest BCUT2D eigenvalue weighted by Gasteiger charge is -2.32. The fourth-order valence-corrected chi connectivity index (χ4v) is 3.54. The molecule has 2 fully saturated rings. The number of amides is 1. The summed E-state index contributed by atoms with van der Waals surface area (Å²) < 4.78 is 5.45. The molecule has 2 heterocycles. The van der Waals surface area contributed by atoms with Crippen LogP contribution in [0.4, 0.5) is 0 Å². The Labute approximate surface area is 155 Å². The molecular formula is C20H27ClN2O2. The standard InChI is InChI=1S/C20H27ClN2O2/c21-19-6-4-17(5-7-19)2-3-18-8-11-23(12-9-18)20(24)16-22-10-1-14-25-15-13-22/h2-7,18H,1,8-16H2. The first-order valence-electron chi connectivity index (χ1n) is 9.22. The third-order valence-corrected chi connectivity index (χ3v) is 5.25. The Bertz CT molecular complexity index is 572. The molecule has 0 N–H and O–H groups in total. The number of hydrogen-bond acceptors (Lipinski definition) is 3. The predicted octanol–water partition coefficient (Wildman–Crippen LogP) is 3.31. The van der Waals surface area contributed by atoms with E-state index in [9.17, 15) is 4.79 Å². The lowest BCUT2D eigenvalue weighted by Crippen LogP contribution is -2.44. The number of carbonyl (C=O) groups is 1. The van der Waals surface area contributed by atoms with E-state index in [0.717, 1.165) is 63.7 Å². The smallest absolute Gasteiger partial charge is 0.236 e. The van der Waals surface area contributed by atoms with Gasteiger partial charge >= 0.3 is 0 Å². The van der Waals surface area contributed by atoms with Crippen molar-refractivity contribution in [2.45, 2.75) is 19.3 Å². The second-order valence-corrected chi connectivity index (χ2v) is 7.31. The topological polar surface area (TPSA) is 32.8 Å². The van der Waals surface area contributed by atoms with Gasteiger partial charge in [0.15, 0.2) is 0 Å². The average Bonchev–Trinajstić information content (AvgIpc) is 2.90. The molecule has 4 nitrogen and oxygen atoms in total. The number of halogens is 1. The summed E-state index contributed by atoms with van der Waals surface area (Å²) in [5.41, 5.74) is 1.17. The van der Waals surface area contributed by atoms with Crippen molar-refractivity contribution in [3.63, 3.8) is 0 Å². The summed E-state index contributed by atoms with van der Waals surface area (Å²) in [4.78, 5) is 16.8. The zero-order valence-electron chi connectivity index (χ0n) is 14.7. The Kier molecular flexibility index (Phi) is 6.91. The maximum absolute atomic E-state index is 12.5. The molecule has 1 aromatic rings. The van der Waals surface area contributed by atoms with Crippen LogP contribution in [0, 0.1) is 5.92 Å². The van der Waals surface area contributed by atoms with E-state index in [-0.39, 0.29) is 5.91 Å². The number of allylic oxidation sites excluding steroid dienone is 1. The van der Waals surface area contributed by atoms with Gasteiger partial charge in [0.25, 0.3) is 0 Å². The first-order valence-corrected chi connectivity index (χ1v) is 9.60. The highest BCUT2D eigenvalue weighted by atomic mass is 35.5. The number of benzene rings is 1. The Morgan fingerprint density at radius 2 is 1.88 bits per heavy atom. The monoisotopic (exact) mass is 362 g/mol. The number of piperidine rings is 1. The Morgan fingerprint density at radius 1 is 1.12 bits per heavy atom. The van der Waals surface area contributed by atoms with Crippen molar-refractivity contribution >= 4 is 23.6 Å². The maximum atomic E-state index is 12.5. The average molecular weight is 363 g/mol. The molecule has 0 aromatic heterocycles. The molecule has 0 atom stereocenters. The van der Waals surface area contributed by atoms with Crippen molar-refractivity contribution in [2.75, 3.05) is 45.9 Å². The second kappa shape index (κ2) is 9.37. The van der Waals surface area contributed by atoms with Gasteiger partial charge in [-0.05, 0) is 42.9 Å². The second-order valence-electron chi connectivity index (χ2n) is 6.87. The van der Waals surface area contributed by atoms with E-state index in [1.807, 2.05) is 29.2 Å². The van der Waals surface area contributed by atoms with Gasteiger partial charge in [-0.15, -0.1) is 0 Å². The van der Waals surface area contributed by atoms with Gasteiger partial charge in [-0.25, -0.2) is 0 Å². The summed E-state index contributed by atoms with van der Waals surface area (Å²) >= 11 is 5.91. The van der Waals surface area contributed by atoms with Crippen LogP contribution in [0.2, 0.25) is 5.02 Å². The third kappa shape index (κ3) is 5.84. The van der Waals surface area contributed by atoms with Gasteiger partial charge in [-0.2, -0.15) is 0 Å². The van der Waals surface area contributed by atoms with Gasteiger partial charge in [0, 0.05) is 37.8 Å². The minimum atomic E-state index is 0.266. The molecular weight excluding hydrogens is 336 g/mol. The SMILES string of the molecule is O=C(CN1CCCOCC1)N1CCC(C=Cc2ccc(Cl)cc2)CC1. The first-order chi connectivity index (χ1) is 12.2. The molecule has 0 spiro atoms. The lowest BCUT2D eigenvalue weighted by molar-refractivity contribution is -0.133. The highest BCUT2D eigenvalue weighted by Gasteiger charge is 2.23. The van der Waals surface area contributed by atoms with E-state index < -0.39 is 0 Å². The molecule has 5 heteroatoms. The van der Waals surface area contributed by atoms with Crippen LogP contribution in [-0.4, -0.2) is 61.6 Å². The molecule has 2 saturated heterocycles. The van der Waals surface area contributed by atoms with Crippen molar-refractivity contribution in [1.82, 2.24) is 9.80 Å². The van der Waals surface area contributed by atoms with E-state index in [1.54, 1.807) is 0 Å². The van der Waals surface area contributed by atoms with E-state index >= 15 is 0 Å². The molecule has 136 valence electrons. The Balaban J connectivity index is 1.43. The Hall–Kier alpha value is -1.36. The van der Waals surface area contributed by atoms with Gasteiger partial charge in [0.05, 0.1) is 13.2 Å². The highest BCUT2D eigenvalue weighted by molar-refractivity contribution is 6.30. The minimum Gasteiger partial charge on any atom is -0.380 e. The van der Waals surface area contributed by atoms with Gasteiger partial charge in [0.1, 0.15) is 0 Å². The lowest BCUT2D eigenvalue weighted by atomic mass is 9.95. The molecule has 2 aliphatic rings. The van der Waals surface area contributed by atoms with Gasteiger partial charge in [-0.3, -0.25) is 9.69 Å². The van der Waals surface area contributed by atoms with E-state index in [1.165, 1.54) is 5.56 Å². The van der Waals surface area contributed by atoms with Crippen LogP contribution in [0.15, 0.2) is 30.3 Å². The van der Waals surface area contributed by atoms with E-state index in [4.69, 9.17) is 16.3 Å². The minimum absolute atomic E-state index is 0.266. The zero-order valence-corrected chi connectivity index (χ0v) is 15.5. The van der Waals surface area contributed by atoms with Crippen LogP contribution in [0.1, 0.15) is 24.8 Å². The fraction of sp³-hybridized carbons (Fsp3) is 0.550. The van der Waals surface area contributed by atoms with Crippen LogP contribution >= 0.6 is 11.6 Å². The van der Waals surface area contributed by atoms with Gasteiger partial charge < -0.3 is 9.64 Å². The number of ether oxygens (including phenoxy) is 1. The molecule has 1 amide bonds. The van der Waals surface area contributed by atoms with Crippen molar-refractivity contribution in [2.24, 2.45) is 5.92 Å². The molecule has 25 heavy (non-hydrogen) atoms. The molecule has 0 radical (unpaired) electrons. The largest absolute Gasteiger partial charge is 0.380 e. The summed E-state index contributed by atoms with van der Waals surface area (Å²) in [6.07, 6.45) is 7.54. The number of hydrogen-bond donors (Lipinski definition) is 0. The first kappa shape index (κ1) is 18.4. The third-order valence-electron chi connectivity index (χ3n) is 5.00. The van der Waals surface area contributed by atoms with Crippen molar-refractivity contribution in [3.8, 4) is 0 Å². The summed E-state index contributed by atoms with van der Waals surface area (Å²) in [6.45, 7) is 5.64. The van der Waals surface area contributed by atoms with Crippen LogP contribution < -0.4 is 0 Å². The van der Waals surface area contributed by atoms with Crippen LogP contribution in [0.3, 0.4) is 0 Å². The number of likely N-dealkylation sites (tertiary alicyclic amines) is 1. The molecule has 1 aromatic carbocycles. The summed E-state index contributed by atoms with van der Waals surface area (Å²) in [7, 11) is 0. The Morgan fingerprint density at radius 3 is 2.64 bits per heavy atom. The van der Waals surface area contributed by atoms with Crippen molar-refractivity contribution in [1.29, 1.82) is 0 Å². The number of carbonyl (C=O) groups excluding carboxylic acids is 1. The summed E-state index contributed by atoms with van der Waals surface area (Å²) in [5.74, 6) is 0.813. The van der Waals surface area contributed by atoms with Crippen molar-refractivity contribution in [3.05, 3.63) is 40.9 Å². The summed E-state index contributed by atoms with van der Waals surface area (Å²) in [6, 6.07) is 7.89. The van der Waals surface area contributed by atoms with E-state index in [0.29, 0.717) is 12.5 Å². The predicted molar refractivity (Wildman–Crippen MR) is 102 cm³/mol. The van der Waals surface area contributed by atoms with Gasteiger partial charge in [0.2, 0.25) is 5.91 Å². The molecule has 0 saturated carbocycles. The van der Waals surface area contributed by atoms with Crippen molar-refractivity contribution < 1.29 is 9.53 Å². The maximum Gasteiger partial charge on any atom is 0.236 e. The quantitative estimate of drug-likeness (QED) is 0.823. The van der Waals surface area contributed by atoms with Gasteiger partial charge in [-0.1, -0.05) is 35.9 Å². The molecule has 2 aliphatic heterocycles. The van der Waals surface area contributed by atoms with Crippen LogP contribution in [-0.2, 0) is 9.53 Å². The zero-order chi connectivity index (χ0) is 17.5.